The van der Waals surface area contributed by atoms with Crippen LogP contribution < -0.4 is 9.47 Å². The first-order chi connectivity index (χ1) is 29.1. The molecule has 7 aromatic rings. The van der Waals surface area contributed by atoms with E-state index in [1.165, 1.54) is 13.3 Å². The standard InChI is InChI=1S/C27H26F3NO2.C23H24F3NO2/c1-25(2,22-13-12-18-8-4-5-10-21(18)24(22)33-3)17-26(32,27(28,29)30)16-19-14-15-31-23-11-7-6-9-20(19)23;1-21(2,17-7-8-20-16(11-17)9-10-29-20)14-22(28,23(24,25)26)13-18-12-15-5-3-4-6-19(15)27-18/h4-15,32H,16-17H2,1-3H3;3-8,11-12,27-28H,9-10,13-14H2,1-2H3. The highest BCUT2D eigenvalue weighted by Gasteiger charge is 2.57. The Hall–Kier alpha value is -5.59. The van der Waals surface area contributed by atoms with Gasteiger partial charge in [0, 0.05) is 53.0 Å². The van der Waals surface area contributed by atoms with Crippen molar-refractivity contribution >= 4 is 32.6 Å². The summed E-state index contributed by atoms with van der Waals surface area (Å²) < 4.78 is 96.4. The highest BCUT2D eigenvalue weighted by Crippen LogP contribution is 2.48. The number of aliphatic hydroxyl groups is 2. The maximum Gasteiger partial charge on any atom is 0.417 e. The number of H-pyrrole nitrogens is 1. The van der Waals surface area contributed by atoms with Gasteiger partial charge in [0.05, 0.1) is 19.2 Å². The van der Waals surface area contributed by atoms with Crippen LogP contribution in [0.5, 0.6) is 11.5 Å². The number of methoxy groups -OCH3 is 1. The zero-order valence-electron chi connectivity index (χ0n) is 35.2. The minimum absolute atomic E-state index is 0.365. The number of fused-ring (bicyclic) bond motifs is 4. The summed E-state index contributed by atoms with van der Waals surface area (Å²) in [6.07, 6.45) is -9.45. The molecule has 0 saturated heterocycles. The first-order valence-corrected chi connectivity index (χ1v) is 20.4. The van der Waals surface area contributed by atoms with Crippen molar-refractivity contribution in [3.63, 3.8) is 0 Å². The summed E-state index contributed by atoms with van der Waals surface area (Å²) in [7, 11) is 1.51. The molecule has 2 aromatic heterocycles. The number of halogens is 6. The normalized spacial score (nSPS) is 15.4. The molecule has 12 heteroatoms. The fraction of sp³-hybridized carbons (Fsp3) is 0.340. The molecule has 0 spiro atoms. The number of benzene rings is 5. The second-order valence-electron chi connectivity index (χ2n) is 17.7. The van der Waals surface area contributed by atoms with Gasteiger partial charge in [-0.3, -0.25) is 4.98 Å². The Labute approximate surface area is 356 Å². The van der Waals surface area contributed by atoms with Crippen molar-refractivity contribution in [1.29, 1.82) is 0 Å². The molecule has 0 amide bonds. The molecule has 0 bridgehead atoms. The van der Waals surface area contributed by atoms with E-state index >= 15 is 0 Å². The molecule has 62 heavy (non-hydrogen) atoms. The van der Waals surface area contributed by atoms with Crippen LogP contribution in [-0.2, 0) is 30.1 Å². The van der Waals surface area contributed by atoms with Crippen molar-refractivity contribution in [3.05, 3.63) is 149 Å². The maximum absolute atomic E-state index is 14.4. The fourth-order valence-corrected chi connectivity index (χ4v) is 8.96. The van der Waals surface area contributed by atoms with E-state index < -0.39 is 60.1 Å². The van der Waals surface area contributed by atoms with Gasteiger partial charge >= 0.3 is 12.4 Å². The Kier molecular flexibility index (Phi) is 11.9. The minimum atomic E-state index is -4.83. The highest BCUT2D eigenvalue weighted by atomic mass is 19.4. The van der Waals surface area contributed by atoms with E-state index in [9.17, 15) is 36.6 Å². The molecule has 8 rings (SSSR count). The molecule has 5 aromatic carbocycles. The van der Waals surface area contributed by atoms with Crippen LogP contribution in [0.4, 0.5) is 26.3 Å². The maximum atomic E-state index is 14.4. The zero-order chi connectivity index (χ0) is 44.7. The monoisotopic (exact) mass is 856 g/mol. The number of nitrogens with one attached hydrogen (secondary N) is 1. The fourth-order valence-electron chi connectivity index (χ4n) is 8.96. The molecule has 1 aliphatic heterocycles. The molecule has 2 unspecified atom stereocenters. The molecular weight excluding hydrogens is 807 g/mol. The Bertz CT molecular complexity index is 2670. The van der Waals surface area contributed by atoms with Crippen molar-refractivity contribution in [2.24, 2.45) is 0 Å². The average Bonchev–Trinajstić information content (AvgIpc) is 3.86. The number of pyridine rings is 1. The Morgan fingerprint density at radius 3 is 2.00 bits per heavy atom. The summed E-state index contributed by atoms with van der Waals surface area (Å²) in [4.78, 5) is 7.23. The third-order valence-electron chi connectivity index (χ3n) is 12.1. The van der Waals surface area contributed by atoms with Crippen LogP contribution in [0, 0.1) is 0 Å². The van der Waals surface area contributed by atoms with Gasteiger partial charge in [0.15, 0.2) is 11.2 Å². The van der Waals surface area contributed by atoms with Gasteiger partial charge < -0.3 is 24.7 Å². The van der Waals surface area contributed by atoms with Crippen LogP contribution in [0.1, 0.15) is 68.5 Å². The summed E-state index contributed by atoms with van der Waals surface area (Å²) >= 11 is 0. The first-order valence-electron chi connectivity index (χ1n) is 20.4. The number of hydrogen-bond donors (Lipinski definition) is 3. The number of hydrogen-bond acceptors (Lipinski definition) is 5. The van der Waals surface area contributed by atoms with Gasteiger partial charge in [-0.2, -0.15) is 26.3 Å². The predicted molar refractivity (Wildman–Crippen MR) is 231 cm³/mol. The second kappa shape index (κ2) is 16.6. The molecule has 0 saturated carbocycles. The van der Waals surface area contributed by atoms with Crippen LogP contribution >= 0.6 is 0 Å². The minimum Gasteiger partial charge on any atom is -0.496 e. The van der Waals surface area contributed by atoms with E-state index in [2.05, 4.69) is 9.97 Å². The third kappa shape index (κ3) is 8.99. The lowest BCUT2D eigenvalue weighted by atomic mass is 9.72. The number of nitrogens with zero attached hydrogens (tertiary/aromatic N) is 1. The van der Waals surface area contributed by atoms with Crippen LogP contribution in [-0.4, -0.2) is 57.5 Å². The van der Waals surface area contributed by atoms with Gasteiger partial charge in [-0.05, 0) is 81.5 Å². The molecule has 3 heterocycles. The van der Waals surface area contributed by atoms with E-state index in [0.29, 0.717) is 40.1 Å². The number of ether oxygens (including phenoxy) is 2. The number of aromatic nitrogens is 2. The number of aromatic amines is 1. The molecule has 326 valence electrons. The molecule has 1 aliphatic rings. The summed E-state index contributed by atoms with van der Waals surface area (Å²) in [5, 5.41) is 25.2. The Morgan fingerprint density at radius 1 is 0.677 bits per heavy atom. The van der Waals surface area contributed by atoms with Crippen molar-refractivity contribution in [3.8, 4) is 11.5 Å². The second-order valence-corrected chi connectivity index (χ2v) is 17.7. The molecule has 0 fully saturated rings. The lowest BCUT2D eigenvalue weighted by molar-refractivity contribution is -0.266. The Morgan fingerprint density at radius 2 is 1.31 bits per heavy atom. The quantitative estimate of drug-likeness (QED) is 0.113. The van der Waals surface area contributed by atoms with E-state index in [1.807, 2.05) is 66.7 Å². The summed E-state index contributed by atoms with van der Waals surface area (Å²) in [6, 6.07) is 34.3. The van der Waals surface area contributed by atoms with Crippen molar-refractivity contribution in [2.75, 3.05) is 13.7 Å². The number of para-hydroxylation sites is 2. The molecule has 0 aliphatic carbocycles. The lowest BCUT2D eigenvalue weighted by Crippen LogP contribution is -2.50. The van der Waals surface area contributed by atoms with Gasteiger partial charge in [-0.1, -0.05) is 113 Å². The zero-order valence-corrected chi connectivity index (χ0v) is 35.2. The molecule has 6 nitrogen and oxygen atoms in total. The topological polar surface area (TPSA) is 87.6 Å². The largest absolute Gasteiger partial charge is 0.496 e. The van der Waals surface area contributed by atoms with Crippen LogP contribution in [0.15, 0.2) is 121 Å². The van der Waals surface area contributed by atoms with Crippen LogP contribution in [0.2, 0.25) is 0 Å². The molecule has 2 atom stereocenters. The molecule has 0 radical (unpaired) electrons. The predicted octanol–water partition coefficient (Wildman–Crippen LogP) is 11.9. The SMILES string of the molecule is CC(C)(CC(O)(Cc1cc2ccccc2[nH]1)C(F)(F)F)c1ccc2c(c1)CCO2.COc1c(C(C)(C)CC(O)(Cc2ccnc3ccccc23)C(F)(F)F)ccc2ccccc12. The van der Waals surface area contributed by atoms with Crippen molar-refractivity contribution < 1.29 is 46.0 Å². The third-order valence-corrected chi connectivity index (χ3v) is 12.1. The smallest absolute Gasteiger partial charge is 0.417 e. The first kappa shape index (κ1) is 44.5. The summed E-state index contributed by atoms with van der Waals surface area (Å²) in [6.45, 7) is 7.49. The summed E-state index contributed by atoms with van der Waals surface area (Å²) in [5.41, 5.74) is -3.22. The average molecular weight is 857 g/mol. The van der Waals surface area contributed by atoms with Gasteiger partial charge in [0.25, 0.3) is 0 Å². The van der Waals surface area contributed by atoms with Crippen LogP contribution in [0.25, 0.3) is 32.6 Å². The van der Waals surface area contributed by atoms with E-state index in [-0.39, 0.29) is 0 Å². The van der Waals surface area contributed by atoms with Crippen molar-refractivity contribution in [2.45, 2.75) is 94.2 Å². The number of rotatable bonds is 11. The van der Waals surface area contributed by atoms with E-state index in [1.54, 1.807) is 76.2 Å². The number of alkyl halides is 6. The van der Waals surface area contributed by atoms with Gasteiger partial charge in [0.2, 0.25) is 0 Å². The Balaban J connectivity index is 0.000000188. The van der Waals surface area contributed by atoms with E-state index in [0.717, 1.165) is 45.0 Å². The summed E-state index contributed by atoms with van der Waals surface area (Å²) in [5.74, 6) is 1.31. The molecular formula is C50H50F6N2O4. The molecule has 3 N–H and O–H groups in total. The lowest BCUT2D eigenvalue weighted by Gasteiger charge is -2.39. The van der Waals surface area contributed by atoms with E-state index in [4.69, 9.17) is 9.47 Å². The van der Waals surface area contributed by atoms with Gasteiger partial charge in [-0.15, -0.1) is 0 Å². The van der Waals surface area contributed by atoms with Gasteiger partial charge in [0.1, 0.15) is 11.5 Å². The van der Waals surface area contributed by atoms with Crippen LogP contribution in [0.3, 0.4) is 0 Å². The highest BCUT2D eigenvalue weighted by molar-refractivity contribution is 5.90. The van der Waals surface area contributed by atoms with Gasteiger partial charge in [-0.25, -0.2) is 0 Å². The van der Waals surface area contributed by atoms with Crippen molar-refractivity contribution in [1.82, 2.24) is 9.97 Å².